The van der Waals surface area contributed by atoms with E-state index in [2.05, 4.69) is 36.4 Å². The van der Waals surface area contributed by atoms with Crippen molar-refractivity contribution in [2.45, 2.75) is 11.1 Å². The highest BCUT2D eigenvalue weighted by molar-refractivity contribution is 5.52. The van der Waals surface area contributed by atoms with Crippen molar-refractivity contribution in [3.05, 3.63) is 192 Å². The highest BCUT2D eigenvalue weighted by atomic mass is 16.3. The first-order chi connectivity index (χ1) is 18.8. The summed E-state index contributed by atoms with van der Waals surface area (Å²) in [4.78, 5) is 4.79. The van der Waals surface area contributed by atoms with Crippen molar-refractivity contribution in [3.8, 4) is 0 Å². The predicted molar refractivity (Wildman–Crippen MR) is 150 cm³/mol. The molecule has 184 valence electrons. The molecule has 0 aliphatic rings. The molecule has 0 bridgehead atoms. The van der Waals surface area contributed by atoms with E-state index < -0.39 is 11.1 Å². The first-order valence-electron chi connectivity index (χ1n) is 12.7. The van der Waals surface area contributed by atoms with Crippen LogP contribution in [0.2, 0.25) is 0 Å². The summed E-state index contributed by atoms with van der Waals surface area (Å²) in [5, 5.41) is 17.7. The molecule has 0 radical (unpaired) electrons. The molecule has 6 aromatic rings. The quantitative estimate of drug-likeness (QED) is 0.262. The van der Waals surface area contributed by atoms with Gasteiger partial charge in [0.2, 0.25) is 0 Å². The second kappa shape index (κ2) is 9.92. The van der Waals surface area contributed by atoms with Crippen molar-refractivity contribution < 1.29 is 5.11 Å². The molecule has 0 saturated carbocycles. The van der Waals surface area contributed by atoms with Gasteiger partial charge < -0.3 is 5.11 Å². The lowest BCUT2D eigenvalue weighted by molar-refractivity contribution is 0.106. The standard InChI is InChI=1S/C34H27N3O/c38-34(30-22-12-4-13-23-30,31-24-14-5-15-25-31)32-35-26-36-37(32)33(27-16-6-1-7-17-27,28-18-8-2-9-19-28)29-20-10-3-11-21-29/h1-26,38H. The van der Waals surface area contributed by atoms with Crippen LogP contribution in [0.25, 0.3) is 0 Å². The topological polar surface area (TPSA) is 50.9 Å². The number of hydrogen-bond acceptors (Lipinski definition) is 3. The van der Waals surface area contributed by atoms with Crippen molar-refractivity contribution in [2.24, 2.45) is 0 Å². The van der Waals surface area contributed by atoms with Crippen LogP contribution in [0.1, 0.15) is 33.6 Å². The fourth-order valence-electron chi connectivity index (χ4n) is 5.42. The zero-order chi connectivity index (χ0) is 25.8. The predicted octanol–water partition coefficient (Wildman–Crippen LogP) is 6.40. The maximum atomic E-state index is 12.8. The molecule has 0 amide bonds. The van der Waals surface area contributed by atoms with Crippen LogP contribution in [-0.2, 0) is 11.1 Å². The van der Waals surface area contributed by atoms with Gasteiger partial charge in [-0.1, -0.05) is 152 Å². The van der Waals surface area contributed by atoms with Gasteiger partial charge in [-0.25, -0.2) is 9.67 Å². The monoisotopic (exact) mass is 493 g/mol. The third kappa shape index (κ3) is 3.74. The van der Waals surface area contributed by atoms with E-state index in [0.717, 1.165) is 16.7 Å². The lowest BCUT2D eigenvalue weighted by Crippen LogP contribution is -2.44. The van der Waals surface area contributed by atoms with Gasteiger partial charge in [-0.05, 0) is 27.8 Å². The van der Waals surface area contributed by atoms with Crippen LogP contribution in [0.3, 0.4) is 0 Å². The minimum atomic E-state index is -1.57. The highest BCUT2D eigenvalue weighted by Gasteiger charge is 2.47. The lowest BCUT2D eigenvalue weighted by Gasteiger charge is -2.39. The normalized spacial score (nSPS) is 11.8. The fraction of sp³-hybridized carbons (Fsp3) is 0.0588. The summed E-state index contributed by atoms with van der Waals surface area (Å²) < 4.78 is 1.90. The molecule has 0 aliphatic carbocycles. The number of nitrogens with zero attached hydrogens (tertiary/aromatic N) is 3. The number of aromatic nitrogens is 3. The van der Waals surface area contributed by atoms with Crippen LogP contribution in [0.5, 0.6) is 0 Å². The van der Waals surface area contributed by atoms with E-state index in [1.165, 1.54) is 6.33 Å². The van der Waals surface area contributed by atoms with Crippen molar-refractivity contribution in [3.63, 3.8) is 0 Å². The average molecular weight is 494 g/mol. The summed E-state index contributed by atoms with van der Waals surface area (Å²) in [6.07, 6.45) is 1.54. The maximum Gasteiger partial charge on any atom is 0.174 e. The van der Waals surface area contributed by atoms with Gasteiger partial charge in [0.15, 0.2) is 11.4 Å². The first kappa shape index (κ1) is 23.6. The molecular weight excluding hydrogens is 466 g/mol. The van der Waals surface area contributed by atoms with Crippen molar-refractivity contribution in [2.75, 3.05) is 0 Å². The Morgan fingerprint density at radius 3 is 1.11 bits per heavy atom. The van der Waals surface area contributed by atoms with Gasteiger partial charge in [0.1, 0.15) is 11.9 Å². The summed E-state index contributed by atoms with van der Waals surface area (Å²) in [7, 11) is 0. The molecule has 1 heterocycles. The van der Waals surface area contributed by atoms with Crippen LogP contribution in [0, 0.1) is 0 Å². The van der Waals surface area contributed by atoms with E-state index in [1.807, 2.05) is 120 Å². The third-order valence-corrected chi connectivity index (χ3v) is 7.15. The zero-order valence-electron chi connectivity index (χ0n) is 20.8. The summed E-state index contributed by atoms with van der Waals surface area (Å²) in [6, 6.07) is 50.2. The van der Waals surface area contributed by atoms with Gasteiger partial charge in [0, 0.05) is 0 Å². The van der Waals surface area contributed by atoms with Gasteiger partial charge in [-0.15, -0.1) is 0 Å². The molecule has 5 aromatic carbocycles. The van der Waals surface area contributed by atoms with Crippen LogP contribution in [0.4, 0.5) is 0 Å². The number of rotatable bonds is 7. The fourth-order valence-corrected chi connectivity index (χ4v) is 5.42. The van der Waals surface area contributed by atoms with E-state index in [4.69, 9.17) is 10.1 Å². The number of benzene rings is 5. The van der Waals surface area contributed by atoms with Crippen LogP contribution in [0.15, 0.2) is 158 Å². The largest absolute Gasteiger partial charge is 0.373 e. The molecule has 0 fully saturated rings. The Hall–Kier alpha value is -4.80. The zero-order valence-corrected chi connectivity index (χ0v) is 20.8. The Kier molecular flexibility index (Phi) is 6.16. The van der Waals surface area contributed by atoms with Gasteiger partial charge in [-0.3, -0.25) is 0 Å². The van der Waals surface area contributed by atoms with E-state index in [9.17, 15) is 5.11 Å². The molecule has 0 unspecified atom stereocenters. The van der Waals surface area contributed by atoms with Crippen LogP contribution >= 0.6 is 0 Å². The van der Waals surface area contributed by atoms with Crippen molar-refractivity contribution in [1.82, 2.24) is 14.8 Å². The summed E-state index contributed by atoms with van der Waals surface area (Å²) in [5.41, 5.74) is 1.97. The first-order valence-corrected chi connectivity index (χ1v) is 12.7. The Bertz CT molecular complexity index is 1460. The molecule has 0 aliphatic heterocycles. The van der Waals surface area contributed by atoms with Crippen molar-refractivity contribution in [1.29, 1.82) is 0 Å². The van der Waals surface area contributed by atoms with E-state index in [-0.39, 0.29) is 0 Å². The van der Waals surface area contributed by atoms with Gasteiger partial charge >= 0.3 is 0 Å². The van der Waals surface area contributed by atoms with Crippen molar-refractivity contribution >= 4 is 0 Å². The van der Waals surface area contributed by atoms with Gasteiger partial charge in [-0.2, -0.15) is 5.10 Å². The minimum Gasteiger partial charge on any atom is -0.373 e. The Morgan fingerprint density at radius 1 is 0.447 bits per heavy atom. The second-order valence-corrected chi connectivity index (χ2v) is 9.25. The number of hydrogen-bond donors (Lipinski definition) is 1. The SMILES string of the molecule is OC(c1ccccc1)(c1ccccc1)c1ncnn1C(c1ccccc1)(c1ccccc1)c1ccccc1. The molecule has 1 N–H and O–H groups in total. The molecular formula is C34H27N3O. The number of aliphatic hydroxyl groups is 1. The molecule has 38 heavy (non-hydrogen) atoms. The summed E-state index contributed by atoms with van der Waals surface area (Å²) >= 11 is 0. The van der Waals surface area contributed by atoms with Gasteiger partial charge in [0.25, 0.3) is 0 Å². The van der Waals surface area contributed by atoms with Crippen LogP contribution < -0.4 is 0 Å². The minimum absolute atomic E-state index is 0.423. The molecule has 0 saturated heterocycles. The summed E-state index contributed by atoms with van der Waals surface area (Å²) in [5.74, 6) is 0.423. The summed E-state index contributed by atoms with van der Waals surface area (Å²) in [6.45, 7) is 0. The average Bonchev–Trinajstić information content (AvgIpc) is 3.51. The molecule has 0 atom stereocenters. The molecule has 0 spiro atoms. The highest BCUT2D eigenvalue weighted by Crippen LogP contribution is 2.44. The molecule has 4 heteroatoms. The molecule has 4 nitrogen and oxygen atoms in total. The smallest absolute Gasteiger partial charge is 0.174 e. The maximum absolute atomic E-state index is 12.8. The Morgan fingerprint density at radius 2 is 0.763 bits per heavy atom. The lowest BCUT2D eigenvalue weighted by atomic mass is 9.76. The second-order valence-electron chi connectivity index (χ2n) is 9.25. The van der Waals surface area contributed by atoms with E-state index in [1.54, 1.807) is 0 Å². The van der Waals surface area contributed by atoms with E-state index in [0.29, 0.717) is 17.0 Å². The Labute approximate surface area is 222 Å². The van der Waals surface area contributed by atoms with Gasteiger partial charge in [0.05, 0.1) is 0 Å². The molecule has 1 aromatic heterocycles. The van der Waals surface area contributed by atoms with E-state index >= 15 is 0 Å². The Balaban J connectivity index is 1.75. The third-order valence-electron chi connectivity index (χ3n) is 7.15. The van der Waals surface area contributed by atoms with Crippen LogP contribution in [-0.4, -0.2) is 19.9 Å². The molecule has 6 rings (SSSR count).